The van der Waals surface area contributed by atoms with E-state index in [2.05, 4.69) is 50.4 Å². The van der Waals surface area contributed by atoms with Crippen molar-refractivity contribution in [1.29, 1.82) is 0 Å². The smallest absolute Gasteiger partial charge is 0.0210 e. The van der Waals surface area contributed by atoms with Crippen molar-refractivity contribution in [3.05, 3.63) is 35.4 Å². The van der Waals surface area contributed by atoms with Crippen LogP contribution in [0.2, 0.25) is 0 Å². The quantitative estimate of drug-likeness (QED) is 0.816. The first-order valence-electron chi connectivity index (χ1n) is 9.25. The van der Waals surface area contributed by atoms with Crippen LogP contribution in [0.4, 0.5) is 0 Å². The van der Waals surface area contributed by atoms with E-state index in [9.17, 15) is 0 Å². The molecule has 0 saturated heterocycles. The van der Waals surface area contributed by atoms with Gasteiger partial charge in [-0.25, -0.2) is 0 Å². The maximum absolute atomic E-state index is 4.03. The van der Waals surface area contributed by atoms with E-state index in [0.717, 1.165) is 18.9 Å². The predicted molar refractivity (Wildman–Crippen MR) is 92.8 cm³/mol. The Kier molecular flexibility index (Phi) is 3.24. The van der Waals surface area contributed by atoms with E-state index >= 15 is 0 Å². The van der Waals surface area contributed by atoms with Crippen LogP contribution < -0.4 is 5.32 Å². The third-order valence-electron chi connectivity index (χ3n) is 6.72. The number of aryl methyl sites for hydroxylation is 1. The Balaban J connectivity index is 1.50. The maximum atomic E-state index is 4.03. The lowest BCUT2D eigenvalue weighted by atomic mass is 9.43. The van der Waals surface area contributed by atoms with Crippen molar-refractivity contribution in [2.45, 2.75) is 77.8 Å². The van der Waals surface area contributed by atoms with Crippen molar-refractivity contribution in [2.75, 3.05) is 0 Å². The van der Waals surface area contributed by atoms with Gasteiger partial charge in [0.25, 0.3) is 0 Å². The Morgan fingerprint density at radius 3 is 2.05 bits per heavy atom. The van der Waals surface area contributed by atoms with Crippen LogP contribution in [-0.2, 0) is 13.0 Å². The van der Waals surface area contributed by atoms with E-state index < -0.39 is 0 Å². The Hall–Kier alpha value is -0.820. The second-order valence-corrected chi connectivity index (χ2v) is 9.43. The number of benzene rings is 1. The van der Waals surface area contributed by atoms with Crippen LogP contribution in [-0.4, -0.2) is 5.54 Å². The summed E-state index contributed by atoms with van der Waals surface area (Å²) in [5.74, 6) is 0.973. The van der Waals surface area contributed by atoms with Crippen molar-refractivity contribution in [1.82, 2.24) is 5.32 Å². The second kappa shape index (κ2) is 4.84. The summed E-state index contributed by atoms with van der Waals surface area (Å²) in [5.41, 5.74) is 4.52. The molecule has 4 aliphatic rings. The molecule has 2 unspecified atom stereocenters. The fraction of sp³-hybridized carbons (Fsp3) is 0.714. The van der Waals surface area contributed by atoms with Gasteiger partial charge in [0.05, 0.1) is 0 Å². The molecule has 4 saturated carbocycles. The number of nitrogens with one attached hydrogen (secondary N) is 1. The summed E-state index contributed by atoms with van der Waals surface area (Å²) in [6.07, 6.45) is 9.79. The zero-order valence-corrected chi connectivity index (χ0v) is 14.5. The van der Waals surface area contributed by atoms with Crippen LogP contribution in [0.3, 0.4) is 0 Å². The second-order valence-electron chi connectivity index (χ2n) is 9.43. The Morgan fingerprint density at radius 1 is 0.909 bits per heavy atom. The number of rotatable bonds is 4. The molecule has 0 spiro atoms. The molecule has 0 radical (unpaired) electrons. The van der Waals surface area contributed by atoms with E-state index in [1.54, 1.807) is 0 Å². The minimum absolute atomic E-state index is 0.423. The summed E-state index contributed by atoms with van der Waals surface area (Å²) in [6, 6.07) is 9.21. The minimum Gasteiger partial charge on any atom is -0.307 e. The lowest BCUT2D eigenvalue weighted by Gasteiger charge is -2.65. The van der Waals surface area contributed by atoms with Gasteiger partial charge in [-0.3, -0.25) is 0 Å². The summed E-state index contributed by atoms with van der Waals surface area (Å²) in [5, 5.41) is 4.03. The van der Waals surface area contributed by atoms with E-state index in [1.807, 2.05) is 0 Å². The zero-order chi connectivity index (χ0) is 15.4. The largest absolute Gasteiger partial charge is 0.307 e. The highest BCUT2D eigenvalue weighted by Gasteiger charge is 2.59. The van der Waals surface area contributed by atoms with E-state index in [1.165, 1.54) is 49.7 Å². The summed E-state index contributed by atoms with van der Waals surface area (Å²) in [6.45, 7) is 8.39. The van der Waals surface area contributed by atoms with Crippen LogP contribution in [0.15, 0.2) is 24.3 Å². The van der Waals surface area contributed by atoms with Crippen molar-refractivity contribution < 1.29 is 0 Å². The molecule has 120 valence electrons. The van der Waals surface area contributed by atoms with Gasteiger partial charge < -0.3 is 5.32 Å². The van der Waals surface area contributed by atoms with Gasteiger partial charge in [0, 0.05) is 12.1 Å². The summed E-state index contributed by atoms with van der Waals surface area (Å²) in [7, 11) is 0. The van der Waals surface area contributed by atoms with E-state index in [-0.39, 0.29) is 0 Å². The van der Waals surface area contributed by atoms with Crippen LogP contribution in [0, 0.1) is 16.7 Å². The van der Waals surface area contributed by atoms with Crippen LogP contribution in [0.1, 0.15) is 70.4 Å². The molecule has 0 aromatic heterocycles. The van der Waals surface area contributed by atoms with Gasteiger partial charge in [-0.15, -0.1) is 0 Å². The third-order valence-corrected chi connectivity index (χ3v) is 6.72. The molecule has 1 N–H and O–H groups in total. The van der Waals surface area contributed by atoms with Gasteiger partial charge in [-0.1, -0.05) is 45.0 Å². The molecule has 1 heteroatoms. The van der Waals surface area contributed by atoms with Crippen LogP contribution in [0.25, 0.3) is 0 Å². The molecule has 1 aromatic carbocycles. The molecular weight excluding hydrogens is 266 g/mol. The maximum Gasteiger partial charge on any atom is 0.0210 e. The molecule has 0 amide bonds. The molecule has 1 nitrogen and oxygen atoms in total. The van der Waals surface area contributed by atoms with Crippen molar-refractivity contribution >= 4 is 0 Å². The van der Waals surface area contributed by atoms with Crippen molar-refractivity contribution in [2.24, 2.45) is 16.7 Å². The highest BCUT2D eigenvalue weighted by molar-refractivity contribution is 5.23. The van der Waals surface area contributed by atoms with Gasteiger partial charge in [0.1, 0.15) is 0 Å². The highest BCUT2D eigenvalue weighted by Crippen LogP contribution is 2.66. The lowest BCUT2D eigenvalue weighted by molar-refractivity contribution is -0.118. The normalized spacial score (nSPS) is 42.8. The molecular formula is C21H31N. The molecule has 4 fully saturated rings. The first kappa shape index (κ1) is 14.8. The molecule has 4 aliphatic carbocycles. The highest BCUT2D eigenvalue weighted by atomic mass is 15.0. The predicted octanol–water partition coefficient (Wildman–Crippen LogP) is 5.09. The number of hydrogen-bond donors (Lipinski definition) is 1. The lowest BCUT2D eigenvalue weighted by Crippen LogP contribution is -2.63. The summed E-state index contributed by atoms with van der Waals surface area (Å²) >= 11 is 0. The van der Waals surface area contributed by atoms with Gasteiger partial charge in [0.15, 0.2) is 0 Å². The Labute approximate surface area is 135 Å². The fourth-order valence-corrected chi connectivity index (χ4v) is 6.83. The molecule has 4 bridgehead atoms. The molecule has 5 rings (SSSR count). The fourth-order valence-electron chi connectivity index (χ4n) is 6.83. The zero-order valence-electron chi connectivity index (χ0n) is 14.5. The SMILES string of the molecule is CCc1ccc(CNC23CC4CC(C)(CC(C)(C4)C2)C3)cc1. The molecule has 0 heterocycles. The van der Waals surface area contributed by atoms with Gasteiger partial charge in [-0.05, 0) is 72.8 Å². The molecule has 0 aliphatic heterocycles. The molecule has 2 atom stereocenters. The first-order valence-corrected chi connectivity index (χ1v) is 9.25. The van der Waals surface area contributed by atoms with Crippen LogP contribution in [0.5, 0.6) is 0 Å². The first-order chi connectivity index (χ1) is 10.4. The average molecular weight is 297 g/mol. The monoisotopic (exact) mass is 297 g/mol. The standard InChI is InChI=1S/C21H31N/c1-4-16-5-7-17(8-6-16)12-22-21-11-18-9-19(2,14-21)13-20(3,10-18)15-21/h5-8,18,22H,4,9-15H2,1-3H3. The topological polar surface area (TPSA) is 12.0 Å². The van der Waals surface area contributed by atoms with Crippen LogP contribution >= 0.6 is 0 Å². The Morgan fingerprint density at radius 2 is 1.50 bits per heavy atom. The van der Waals surface area contributed by atoms with Gasteiger partial charge in [0.2, 0.25) is 0 Å². The van der Waals surface area contributed by atoms with Crippen molar-refractivity contribution in [3.8, 4) is 0 Å². The molecule has 22 heavy (non-hydrogen) atoms. The van der Waals surface area contributed by atoms with Gasteiger partial charge >= 0.3 is 0 Å². The third kappa shape index (κ3) is 2.52. The average Bonchev–Trinajstić information content (AvgIpc) is 2.42. The summed E-state index contributed by atoms with van der Waals surface area (Å²) < 4.78 is 0. The Bertz CT molecular complexity index is 540. The van der Waals surface area contributed by atoms with Crippen molar-refractivity contribution in [3.63, 3.8) is 0 Å². The number of hydrogen-bond acceptors (Lipinski definition) is 1. The van der Waals surface area contributed by atoms with E-state index in [0.29, 0.717) is 16.4 Å². The van der Waals surface area contributed by atoms with Gasteiger partial charge in [-0.2, -0.15) is 0 Å². The minimum atomic E-state index is 0.423. The summed E-state index contributed by atoms with van der Waals surface area (Å²) in [4.78, 5) is 0. The van der Waals surface area contributed by atoms with E-state index in [4.69, 9.17) is 0 Å². The molecule has 1 aromatic rings.